The van der Waals surface area contributed by atoms with Gasteiger partial charge < -0.3 is 5.11 Å². The zero-order valence-electron chi connectivity index (χ0n) is 7.29. The van der Waals surface area contributed by atoms with Crippen LogP contribution in [0.3, 0.4) is 0 Å². The van der Waals surface area contributed by atoms with Crippen LogP contribution in [0.25, 0.3) is 0 Å². The van der Waals surface area contributed by atoms with Crippen molar-refractivity contribution in [2.75, 3.05) is 0 Å². The van der Waals surface area contributed by atoms with Crippen LogP contribution in [0.5, 0.6) is 0 Å². The van der Waals surface area contributed by atoms with Crippen molar-refractivity contribution in [2.45, 2.75) is 45.1 Å². The number of hydrogen-bond donors (Lipinski definition) is 1. The lowest BCUT2D eigenvalue weighted by atomic mass is 9.90. The standard InChI is InChI=1S/C10H18O/c1-2-3-4-9-5-7-10(11)8-6-9/h5,7,9-11H,2-4,6,8H2,1H3/t9-,10+/m1/s1. The van der Waals surface area contributed by atoms with Gasteiger partial charge in [0, 0.05) is 0 Å². The highest BCUT2D eigenvalue weighted by Gasteiger charge is 2.12. The van der Waals surface area contributed by atoms with Crippen molar-refractivity contribution in [3.63, 3.8) is 0 Å². The van der Waals surface area contributed by atoms with Crippen LogP contribution >= 0.6 is 0 Å². The molecule has 0 amide bonds. The molecule has 0 saturated heterocycles. The third-order valence-corrected chi connectivity index (χ3v) is 2.37. The van der Waals surface area contributed by atoms with E-state index in [1.54, 1.807) is 0 Å². The zero-order chi connectivity index (χ0) is 8.10. The lowest BCUT2D eigenvalue weighted by molar-refractivity contribution is 0.193. The lowest BCUT2D eigenvalue weighted by Gasteiger charge is -2.18. The van der Waals surface area contributed by atoms with Gasteiger partial charge in [0.1, 0.15) is 0 Å². The van der Waals surface area contributed by atoms with Gasteiger partial charge in [0.2, 0.25) is 0 Å². The Labute approximate surface area is 69.1 Å². The molecule has 0 radical (unpaired) electrons. The first-order valence-electron chi connectivity index (χ1n) is 4.69. The molecule has 1 nitrogen and oxygen atoms in total. The molecule has 1 N–H and O–H groups in total. The molecule has 0 spiro atoms. The topological polar surface area (TPSA) is 20.2 Å². The molecule has 0 aromatic heterocycles. The van der Waals surface area contributed by atoms with E-state index in [0.29, 0.717) is 0 Å². The van der Waals surface area contributed by atoms with E-state index in [0.717, 1.165) is 12.3 Å². The van der Waals surface area contributed by atoms with Gasteiger partial charge in [-0.1, -0.05) is 31.9 Å². The number of aliphatic hydroxyl groups excluding tert-OH is 1. The molecule has 0 bridgehead atoms. The third kappa shape index (κ3) is 3.06. The van der Waals surface area contributed by atoms with E-state index in [-0.39, 0.29) is 6.10 Å². The van der Waals surface area contributed by atoms with Gasteiger partial charge in [-0.05, 0) is 25.2 Å². The summed E-state index contributed by atoms with van der Waals surface area (Å²) in [6.07, 6.45) is 10.0. The summed E-state index contributed by atoms with van der Waals surface area (Å²) in [4.78, 5) is 0. The third-order valence-electron chi connectivity index (χ3n) is 2.37. The maximum Gasteiger partial charge on any atom is 0.0721 e. The molecule has 2 atom stereocenters. The normalized spacial score (nSPS) is 30.7. The predicted octanol–water partition coefficient (Wildman–Crippen LogP) is 2.50. The van der Waals surface area contributed by atoms with Crippen LogP contribution in [-0.2, 0) is 0 Å². The Morgan fingerprint density at radius 2 is 2.18 bits per heavy atom. The van der Waals surface area contributed by atoms with Gasteiger partial charge in [-0.25, -0.2) is 0 Å². The lowest BCUT2D eigenvalue weighted by Crippen LogP contribution is -2.11. The van der Waals surface area contributed by atoms with Crippen molar-refractivity contribution >= 4 is 0 Å². The molecule has 0 saturated carbocycles. The van der Waals surface area contributed by atoms with Gasteiger partial charge in [-0.3, -0.25) is 0 Å². The summed E-state index contributed by atoms with van der Waals surface area (Å²) in [5.41, 5.74) is 0. The van der Waals surface area contributed by atoms with E-state index in [9.17, 15) is 0 Å². The number of allylic oxidation sites excluding steroid dienone is 1. The highest BCUT2D eigenvalue weighted by Crippen LogP contribution is 2.22. The second-order valence-electron chi connectivity index (χ2n) is 3.43. The van der Waals surface area contributed by atoms with E-state index >= 15 is 0 Å². The minimum absolute atomic E-state index is 0.159. The highest BCUT2D eigenvalue weighted by molar-refractivity contribution is 4.98. The zero-order valence-corrected chi connectivity index (χ0v) is 7.29. The van der Waals surface area contributed by atoms with Crippen LogP contribution in [0.1, 0.15) is 39.0 Å². The second kappa shape index (κ2) is 4.55. The van der Waals surface area contributed by atoms with Crippen molar-refractivity contribution in [3.8, 4) is 0 Å². The van der Waals surface area contributed by atoms with Crippen LogP contribution in [-0.4, -0.2) is 11.2 Å². The Hall–Kier alpha value is -0.300. The molecule has 0 aliphatic heterocycles. The summed E-state index contributed by atoms with van der Waals surface area (Å²) in [5, 5.41) is 9.17. The molecule has 0 unspecified atom stereocenters. The summed E-state index contributed by atoms with van der Waals surface area (Å²) < 4.78 is 0. The van der Waals surface area contributed by atoms with Crippen LogP contribution < -0.4 is 0 Å². The molecule has 64 valence electrons. The molecular weight excluding hydrogens is 136 g/mol. The fraction of sp³-hybridized carbons (Fsp3) is 0.800. The Balaban J connectivity index is 2.21. The van der Waals surface area contributed by atoms with Crippen molar-refractivity contribution in [3.05, 3.63) is 12.2 Å². The molecule has 0 aromatic carbocycles. The van der Waals surface area contributed by atoms with E-state index in [1.807, 2.05) is 6.08 Å². The molecular formula is C10H18O. The van der Waals surface area contributed by atoms with E-state index in [4.69, 9.17) is 5.11 Å². The van der Waals surface area contributed by atoms with E-state index in [1.165, 1.54) is 25.7 Å². The fourth-order valence-corrected chi connectivity index (χ4v) is 1.57. The number of rotatable bonds is 3. The molecule has 11 heavy (non-hydrogen) atoms. The minimum Gasteiger partial charge on any atom is -0.389 e. The SMILES string of the molecule is CCCC[C@@H]1C=C[C@H](O)CC1. The van der Waals surface area contributed by atoms with Gasteiger partial charge in [-0.2, -0.15) is 0 Å². The maximum atomic E-state index is 9.17. The van der Waals surface area contributed by atoms with E-state index in [2.05, 4.69) is 13.0 Å². The number of hydrogen-bond acceptors (Lipinski definition) is 1. The first-order valence-corrected chi connectivity index (χ1v) is 4.69. The quantitative estimate of drug-likeness (QED) is 0.619. The predicted molar refractivity (Wildman–Crippen MR) is 47.4 cm³/mol. The van der Waals surface area contributed by atoms with Gasteiger partial charge in [-0.15, -0.1) is 0 Å². The molecule has 1 heteroatoms. The van der Waals surface area contributed by atoms with Crippen LogP contribution in [0.4, 0.5) is 0 Å². The average Bonchev–Trinajstić information content (AvgIpc) is 2.04. The second-order valence-corrected chi connectivity index (χ2v) is 3.43. The summed E-state index contributed by atoms with van der Waals surface area (Å²) in [6, 6.07) is 0. The first kappa shape index (κ1) is 8.79. The van der Waals surface area contributed by atoms with Crippen molar-refractivity contribution in [1.82, 2.24) is 0 Å². The number of aliphatic hydroxyl groups is 1. The smallest absolute Gasteiger partial charge is 0.0721 e. The summed E-state index contributed by atoms with van der Waals surface area (Å²) in [5.74, 6) is 0.748. The van der Waals surface area contributed by atoms with Gasteiger partial charge in [0.25, 0.3) is 0 Å². The van der Waals surface area contributed by atoms with Crippen LogP contribution in [0.2, 0.25) is 0 Å². The molecule has 1 aliphatic carbocycles. The molecule has 1 aliphatic rings. The molecule has 1 rings (SSSR count). The van der Waals surface area contributed by atoms with E-state index < -0.39 is 0 Å². The maximum absolute atomic E-state index is 9.17. The van der Waals surface area contributed by atoms with Crippen molar-refractivity contribution in [2.24, 2.45) is 5.92 Å². The Morgan fingerprint density at radius 3 is 2.73 bits per heavy atom. The molecule has 0 heterocycles. The minimum atomic E-state index is -0.159. The highest BCUT2D eigenvalue weighted by atomic mass is 16.3. The summed E-state index contributed by atoms with van der Waals surface area (Å²) >= 11 is 0. The van der Waals surface area contributed by atoms with Crippen molar-refractivity contribution < 1.29 is 5.11 Å². The Bertz CT molecular complexity index is 129. The van der Waals surface area contributed by atoms with Crippen LogP contribution in [0.15, 0.2) is 12.2 Å². The number of unbranched alkanes of at least 4 members (excludes halogenated alkanes) is 1. The first-order chi connectivity index (χ1) is 5.33. The summed E-state index contributed by atoms with van der Waals surface area (Å²) in [6.45, 7) is 2.22. The van der Waals surface area contributed by atoms with Gasteiger partial charge >= 0.3 is 0 Å². The van der Waals surface area contributed by atoms with Gasteiger partial charge in [0.15, 0.2) is 0 Å². The van der Waals surface area contributed by atoms with Crippen LogP contribution in [0, 0.1) is 5.92 Å². The largest absolute Gasteiger partial charge is 0.389 e. The summed E-state index contributed by atoms with van der Waals surface area (Å²) in [7, 11) is 0. The monoisotopic (exact) mass is 154 g/mol. The van der Waals surface area contributed by atoms with Crippen molar-refractivity contribution in [1.29, 1.82) is 0 Å². The average molecular weight is 154 g/mol. The molecule has 0 fully saturated rings. The fourth-order valence-electron chi connectivity index (χ4n) is 1.57. The van der Waals surface area contributed by atoms with Gasteiger partial charge in [0.05, 0.1) is 6.10 Å². The molecule has 0 aromatic rings. The Kier molecular flexibility index (Phi) is 3.64. The Morgan fingerprint density at radius 1 is 1.36 bits per heavy atom.